The predicted octanol–water partition coefficient (Wildman–Crippen LogP) is 3.98. The smallest absolute Gasteiger partial charge is 0.228 e. The number of amides is 1. The maximum Gasteiger partial charge on any atom is 0.228 e. The highest BCUT2D eigenvalue weighted by atomic mass is 32.1. The van der Waals surface area contributed by atoms with Crippen LogP contribution in [0.3, 0.4) is 0 Å². The summed E-state index contributed by atoms with van der Waals surface area (Å²) in [6, 6.07) is 8.70. The first-order valence-corrected chi connectivity index (χ1v) is 9.85. The van der Waals surface area contributed by atoms with Crippen LogP contribution in [0.25, 0.3) is 0 Å². The van der Waals surface area contributed by atoms with E-state index in [1.807, 2.05) is 16.5 Å². The Bertz CT molecular complexity index is 809. The van der Waals surface area contributed by atoms with Crippen molar-refractivity contribution in [2.75, 3.05) is 11.9 Å². The first kappa shape index (κ1) is 18.2. The molecule has 2 aromatic rings. The Labute approximate surface area is 157 Å². The van der Waals surface area contributed by atoms with Crippen molar-refractivity contribution in [1.82, 2.24) is 14.7 Å². The van der Waals surface area contributed by atoms with Crippen LogP contribution in [0.4, 0.5) is 5.13 Å². The molecule has 0 radical (unpaired) electrons. The molecule has 7 heteroatoms. The van der Waals surface area contributed by atoms with E-state index in [4.69, 9.17) is 12.2 Å². The summed E-state index contributed by atoms with van der Waals surface area (Å²) in [7, 11) is 2.06. The second-order valence-corrected chi connectivity index (χ2v) is 8.18. The van der Waals surface area contributed by atoms with Gasteiger partial charge in [-0.2, -0.15) is 0 Å². The van der Waals surface area contributed by atoms with E-state index in [-0.39, 0.29) is 5.91 Å². The lowest BCUT2D eigenvalue weighted by molar-refractivity contribution is -0.118. The third kappa shape index (κ3) is 4.34. The Morgan fingerprint density at radius 1 is 1.40 bits per heavy atom. The zero-order valence-electron chi connectivity index (χ0n) is 14.9. The van der Waals surface area contributed by atoms with Gasteiger partial charge in [0.1, 0.15) is 0 Å². The third-order valence-electron chi connectivity index (χ3n) is 4.36. The number of anilines is 1. The Morgan fingerprint density at radius 2 is 2.12 bits per heavy atom. The van der Waals surface area contributed by atoms with Crippen molar-refractivity contribution in [2.45, 2.75) is 52.4 Å². The average Bonchev–Trinajstić information content (AvgIpc) is 3.34. The van der Waals surface area contributed by atoms with Crippen molar-refractivity contribution in [2.24, 2.45) is 0 Å². The second-order valence-electron chi connectivity index (χ2n) is 6.58. The highest BCUT2D eigenvalue weighted by Gasteiger charge is 2.35. The lowest BCUT2D eigenvalue weighted by Crippen LogP contribution is -2.32. The molecule has 0 N–H and O–H groups in total. The summed E-state index contributed by atoms with van der Waals surface area (Å²) < 4.78 is 2.53. The lowest BCUT2D eigenvalue weighted by Gasteiger charge is -2.19. The SMILES string of the molecule is CCC(=O)N(c1nn(CN(C)Cc2ccccc2C)c(=S)s1)C1CC1. The van der Waals surface area contributed by atoms with Gasteiger partial charge in [-0.25, -0.2) is 4.68 Å². The van der Waals surface area contributed by atoms with Crippen molar-refractivity contribution in [1.29, 1.82) is 0 Å². The molecule has 134 valence electrons. The van der Waals surface area contributed by atoms with E-state index in [2.05, 4.69) is 48.2 Å². The van der Waals surface area contributed by atoms with Gasteiger partial charge < -0.3 is 0 Å². The fourth-order valence-corrected chi connectivity index (χ4v) is 3.98. The second kappa shape index (κ2) is 7.76. The number of benzene rings is 1. The van der Waals surface area contributed by atoms with Crippen molar-refractivity contribution in [3.8, 4) is 0 Å². The maximum absolute atomic E-state index is 12.3. The molecule has 1 aromatic carbocycles. The van der Waals surface area contributed by atoms with Crippen LogP contribution in [0.1, 0.15) is 37.3 Å². The molecule has 0 saturated heterocycles. The minimum atomic E-state index is 0.131. The predicted molar refractivity (Wildman–Crippen MR) is 104 cm³/mol. The molecule has 0 unspecified atom stereocenters. The number of aryl methyl sites for hydroxylation is 1. The molecule has 1 aromatic heterocycles. The molecule has 5 nitrogen and oxygen atoms in total. The molecule has 1 fully saturated rings. The van der Waals surface area contributed by atoms with Crippen LogP contribution in [0.5, 0.6) is 0 Å². The highest BCUT2D eigenvalue weighted by Crippen LogP contribution is 2.33. The van der Waals surface area contributed by atoms with Crippen LogP contribution in [-0.2, 0) is 18.0 Å². The molecule has 1 saturated carbocycles. The van der Waals surface area contributed by atoms with Gasteiger partial charge in [0.15, 0.2) is 3.95 Å². The molecule has 1 heterocycles. The molecule has 0 bridgehead atoms. The molecule has 0 aliphatic heterocycles. The summed E-state index contributed by atoms with van der Waals surface area (Å²) in [5, 5.41) is 5.38. The largest absolute Gasteiger partial charge is 0.284 e. The zero-order chi connectivity index (χ0) is 18.0. The summed E-state index contributed by atoms with van der Waals surface area (Å²) in [5.41, 5.74) is 2.58. The Kier molecular flexibility index (Phi) is 5.66. The van der Waals surface area contributed by atoms with E-state index in [0.717, 1.165) is 24.5 Å². The first-order chi connectivity index (χ1) is 12.0. The van der Waals surface area contributed by atoms with Gasteiger partial charge in [0.25, 0.3) is 0 Å². The number of carbonyl (C=O) groups excluding carboxylic acids is 1. The number of carbonyl (C=O) groups is 1. The Morgan fingerprint density at radius 3 is 2.76 bits per heavy atom. The van der Waals surface area contributed by atoms with Gasteiger partial charge in [0, 0.05) is 19.0 Å². The highest BCUT2D eigenvalue weighted by molar-refractivity contribution is 7.73. The van der Waals surface area contributed by atoms with E-state index in [0.29, 0.717) is 23.1 Å². The topological polar surface area (TPSA) is 41.4 Å². The molecule has 1 aliphatic rings. The normalized spacial score (nSPS) is 14.1. The van der Waals surface area contributed by atoms with Crippen molar-refractivity contribution >= 4 is 34.6 Å². The lowest BCUT2D eigenvalue weighted by atomic mass is 10.1. The third-order valence-corrected chi connectivity index (χ3v) is 5.67. The van der Waals surface area contributed by atoms with Crippen molar-refractivity contribution in [3.05, 3.63) is 39.3 Å². The molecule has 25 heavy (non-hydrogen) atoms. The minimum absolute atomic E-state index is 0.131. The van der Waals surface area contributed by atoms with Crippen LogP contribution in [0, 0.1) is 10.9 Å². The monoisotopic (exact) mass is 376 g/mol. The van der Waals surface area contributed by atoms with E-state index < -0.39 is 0 Å². The Balaban J connectivity index is 1.73. The van der Waals surface area contributed by atoms with Gasteiger partial charge >= 0.3 is 0 Å². The van der Waals surface area contributed by atoms with E-state index in [1.165, 1.54) is 22.5 Å². The van der Waals surface area contributed by atoms with Crippen LogP contribution >= 0.6 is 23.6 Å². The van der Waals surface area contributed by atoms with Gasteiger partial charge in [0.05, 0.1) is 6.67 Å². The van der Waals surface area contributed by atoms with Crippen molar-refractivity contribution in [3.63, 3.8) is 0 Å². The van der Waals surface area contributed by atoms with E-state index in [1.54, 1.807) is 0 Å². The minimum Gasteiger partial charge on any atom is -0.284 e. The van der Waals surface area contributed by atoms with E-state index >= 15 is 0 Å². The summed E-state index contributed by atoms with van der Waals surface area (Å²) in [5.74, 6) is 0.131. The molecule has 3 rings (SSSR count). The van der Waals surface area contributed by atoms with Gasteiger partial charge in [0.2, 0.25) is 11.0 Å². The van der Waals surface area contributed by atoms with E-state index in [9.17, 15) is 4.79 Å². The molecular formula is C18H24N4OS2. The van der Waals surface area contributed by atoms with Crippen LogP contribution in [0.2, 0.25) is 0 Å². The number of rotatable bonds is 7. The Hall–Kier alpha value is -1.57. The van der Waals surface area contributed by atoms with Gasteiger partial charge in [-0.3, -0.25) is 14.6 Å². The number of aromatic nitrogens is 2. The fraction of sp³-hybridized carbons (Fsp3) is 0.500. The molecular weight excluding hydrogens is 352 g/mol. The van der Waals surface area contributed by atoms with Crippen LogP contribution < -0.4 is 4.90 Å². The number of hydrogen-bond donors (Lipinski definition) is 0. The summed E-state index contributed by atoms with van der Waals surface area (Å²) in [6.45, 7) is 5.47. The van der Waals surface area contributed by atoms with Gasteiger partial charge in [-0.15, -0.1) is 5.10 Å². The van der Waals surface area contributed by atoms with Crippen molar-refractivity contribution < 1.29 is 4.79 Å². The molecule has 0 atom stereocenters. The zero-order valence-corrected chi connectivity index (χ0v) is 16.6. The average molecular weight is 377 g/mol. The molecule has 1 amide bonds. The first-order valence-electron chi connectivity index (χ1n) is 8.62. The van der Waals surface area contributed by atoms with Gasteiger partial charge in [-0.05, 0) is 50.2 Å². The fourth-order valence-electron chi connectivity index (χ4n) is 2.81. The van der Waals surface area contributed by atoms with Crippen LogP contribution in [-0.4, -0.2) is 33.7 Å². The summed E-state index contributed by atoms with van der Waals surface area (Å²) >= 11 is 6.92. The van der Waals surface area contributed by atoms with Gasteiger partial charge in [-0.1, -0.05) is 42.5 Å². The molecule has 1 aliphatic carbocycles. The molecule has 0 spiro atoms. The number of nitrogens with zero attached hydrogens (tertiary/aromatic N) is 4. The summed E-state index contributed by atoms with van der Waals surface area (Å²) in [4.78, 5) is 16.3. The number of hydrogen-bond acceptors (Lipinski definition) is 5. The summed E-state index contributed by atoms with van der Waals surface area (Å²) in [6.07, 6.45) is 2.62. The standard InChI is InChI=1S/C18H24N4OS2/c1-4-16(23)22(15-9-10-15)17-19-21(18(24)25-17)12-20(3)11-14-8-6-5-7-13(14)2/h5-8,15H,4,9-12H2,1-3H3. The van der Waals surface area contributed by atoms with Crippen LogP contribution in [0.15, 0.2) is 24.3 Å². The maximum atomic E-state index is 12.3. The quantitative estimate of drug-likeness (QED) is 0.686.